The first kappa shape index (κ1) is 14.7. The quantitative estimate of drug-likeness (QED) is 0.658. The van der Waals surface area contributed by atoms with Crippen LogP contribution in [0.4, 0.5) is 0 Å². The molecule has 9 heteroatoms. The summed E-state index contributed by atoms with van der Waals surface area (Å²) in [6.45, 7) is 3.33. The van der Waals surface area contributed by atoms with E-state index in [1.165, 1.54) is 6.20 Å². The van der Waals surface area contributed by atoms with E-state index in [9.17, 15) is 8.42 Å². The van der Waals surface area contributed by atoms with Crippen LogP contribution in [-0.4, -0.2) is 35.2 Å². The topological polar surface area (TPSA) is 105 Å². The molecule has 0 unspecified atom stereocenters. The van der Waals surface area contributed by atoms with Crippen molar-refractivity contribution in [1.29, 1.82) is 0 Å². The van der Waals surface area contributed by atoms with Crippen LogP contribution in [0.3, 0.4) is 0 Å². The van der Waals surface area contributed by atoms with Crippen LogP contribution in [0.5, 0.6) is 0 Å². The van der Waals surface area contributed by atoms with Crippen molar-refractivity contribution < 1.29 is 8.42 Å². The number of nitrogens with one attached hydrogen (secondary N) is 3. The minimum Gasteiger partial charge on any atom is -0.363 e. The van der Waals surface area contributed by atoms with Gasteiger partial charge in [0, 0.05) is 25.0 Å². The molecule has 0 fully saturated rings. The highest BCUT2D eigenvalue weighted by Gasteiger charge is 2.17. The molecule has 110 valence electrons. The third-order valence-electron chi connectivity index (χ3n) is 2.85. The summed E-state index contributed by atoms with van der Waals surface area (Å²) in [6, 6.07) is 1.60. The fourth-order valence-electron chi connectivity index (χ4n) is 1.79. The number of hydrogen-bond donors (Lipinski definition) is 3. The molecule has 0 aliphatic carbocycles. The molecule has 0 radical (unpaired) electrons. The average molecular weight is 298 g/mol. The SMILES string of the molecule is CCn1cnnc1CNS(=O)(=O)c1c[nH]c(CNC)c1. The molecule has 2 rings (SSSR count). The lowest BCUT2D eigenvalue weighted by Crippen LogP contribution is -2.24. The largest absolute Gasteiger partial charge is 0.363 e. The number of aromatic nitrogens is 4. The third kappa shape index (κ3) is 3.24. The number of hydrogen-bond acceptors (Lipinski definition) is 5. The first-order valence-corrected chi connectivity index (χ1v) is 7.73. The van der Waals surface area contributed by atoms with Crippen LogP contribution in [0.15, 0.2) is 23.5 Å². The van der Waals surface area contributed by atoms with Gasteiger partial charge in [0.2, 0.25) is 10.0 Å². The molecule has 0 saturated heterocycles. The zero-order valence-electron chi connectivity index (χ0n) is 11.4. The van der Waals surface area contributed by atoms with E-state index in [0.717, 1.165) is 5.69 Å². The summed E-state index contributed by atoms with van der Waals surface area (Å²) in [7, 11) is -1.75. The third-order valence-corrected chi connectivity index (χ3v) is 4.23. The molecule has 0 atom stereocenters. The molecular formula is C11H18N6O2S. The lowest BCUT2D eigenvalue weighted by Gasteiger charge is -2.05. The Morgan fingerprint density at radius 1 is 1.40 bits per heavy atom. The predicted octanol–water partition coefficient (Wildman–Crippen LogP) is -0.176. The Bertz CT molecular complexity index is 660. The molecule has 2 aromatic heterocycles. The molecule has 3 N–H and O–H groups in total. The molecular weight excluding hydrogens is 280 g/mol. The molecule has 0 spiro atoms. The van der Waals surface area contributed by atoms with Crippen molar-refractivity contribution in [3.63, 3.8) is 0 Å². The smallest absolute Gasteiger partial charge is 0.242 e. The number of sulfonamides is 1. The summed E-state index contributed by atoms with van der Waals surface area (Å²) in [5.41, 5.74) is 0.810. The Hall–Kier alpha value is -1.71. The fraction of sp³-hybridized carbons (Fsp3) is 0.455. The van der Waals surface area contributed by atoms with E-state index in [1.54, 1.807) is 24.0 Å². The van der Waals surface area contributed by atoms with Crippen LogP contribution in [-0.2, 0) is 29.7 Å². The molecule has 20 heavy (non-hydrogen) atoms. The van der Waals surface area contributed by atoms with Crippen molar-refractivity contribution in [3.05, 3.63) is 30.1 Å². The molecule has 0 aliphatic heterocycles. The summed E-state index contributed by atoms with van der Waals surface area (Å²) >= 11 is 0. The van der Waals surface area contributed by atoms with E-state index >= 15 is 0 Å². The van der Waals surface area contributed by atoms with Gasteiger partial charge in [0.05, 0.1) is 11.4 Å². The molecule has 0 aliphatic rings. The van der Waals surface area contributed by atoms with Crippen molar-refractivity contribution in [2.75, 3.05) is 7.05 Å². The fourth-order valence-corrected chi connectivity index (χ4v) is 2.79. The van der Waals surface area contributed by atoms with Gasteiger partial charge in [-0.25, -0.2) is 13.1 Å². The molecule has 8 nitrogen and oxygen atoms in total. The summed E-state index contributed by atoms with van der Waals surface area (Å²) < 4.78 is 28.6. The summed E-state index contributed by atoms with van der Waals surface area (Å²) in [4.78, 5) is 3.13. The number of nitrogens with zero attached hydrogens (tertiary/aromatic N) is 3. The highest BCUT2D eigenvalue weighted by molar-refractivity contribution is 7.89. The standard InChI is InChI=1S/C11H18N6O2S/c1-3-17-8-14-16-11(17)7-15-20(18,19)10-4-9(5-12-2)13-6-10/h4,6,8,12-13,15H,3,5,7H2,1-2H3. The maximum Gasteiger partial charge on any atom is 0.242 e. The van der Waals surface area contributed by atoms with Crippen molar-refractivity contribution in [2.24, 2.45) is 0 Å². The molecule has 0 saturated carbocycles. The first-order chi connectivity index (χ1) is 9.56. The zero-order valence-corrected chi connectivity index (χ0v) is 12.2. The summed E-state index contributed by atoms with van der Waals surface area (Å²) in [6.07, 6.45) is 3.05. The van der Waals surface area contributed by atoms with Crippen LogP contribution in [0.2, 0.25) is 0 Å². The Morgan fingerprint density at radius 3 is 2.90 bits per heavy atom. The number of aryl methyl sites for hydroxylation is 1. The maximum absolute atomic E-state index is 12.1. The van der Waals surface area contributed by atoms with E-state index in [1.807, 2.05) is 6.92 Å². The van der Waals surface area contributed by atoms with Gasteiger partial charge in [-0.2, -0.15) is 0 Å². The van der Waals surface area contributed by atoms with Gasteiger partial charge in [0.1, 0.15) is 12.2 Å². The Balaban J connectivity index is 2.07. The molecule has 0 aromatic carbocycles. The number of aromatic amines is 1. The highest BCUT2D eigenvalue weighted by Crippen LogP contribution is 2.11. The van der Waals surface area contributed by atoms with Gasteiger partial charge in [-0.3, -0.25) is 0 Å². The summed E-state index contributed by atoms with van der Waals surface area (Å²) in [5.74, 6) is 0.585. The van der Waals surface area contributed by atoms with Gasteiger partial charge < -0.3 is 14.9 Å². The molecule has 2 heterocycles. The van der Waals surface area contributed by atoms with Gasteiger partial charge in [-0.15, -0.1) is 10.2 Å². The van der Waals surface area contributed by atoms with Crippen molar-refractivity contribution in [1.82, 2.24) is 29.8 Å². The van der Waals surface area contributed by atoms with Crippen LogP contribution < -0.4 is 10.0 Å². The second-order valence-corrected chi connectivity index (χ2v) is 6.02. The van der Waals surface area contributed by atoms with Crippen molar-refractivity contribution in [2.45, 2.75) is 31.5 Å². The molecule has 0 amide bonds. The lowest BCUT2D eigenvalue weighted by atomic mass is 10.4. The molecule has 2 aromatic rings. The van der Waals surface area contributed by atoms with Gasteiger partial charge in [0.25, 0.3) is 0 Å². The predicted molar refractivity (Wildman–Crippen MR) is 73.3 cm³/mol. The second-order valence-electron chi connectivity index (χ2n) is 4.25. The van der Waals surface area contributed by atoms with E-state index in [4.69, 9.17) is 0 Å². The van der Waals surface area contributed by atoms with Crippen LogP contribution in [0.25, 0.3) is 0 Å². The highest BCUT2D eigenvalue weighted by atomic mass is 32.2. The minimum absolute atomic E-state index is 0.114. The Labute approximate surface area is 117 Å². The van der Waals surface area contributed by atoms with Crippen molar-refractivity contribution in [3.8, 4) is 0 Å². The minimum atomic E-state index is -3.55. The van der Waals surface area contributed by atoms with Crippen LogP contribution in [0, 0.1) is 0 Å². The maximum atomic E-state index is 12.1. The number of H-pyrrole nitrogens is 1. The molecule has 0 bridgehead atoms. The van der Waals surface area contributed by atoms with Crippen molar-refractivity contribution >= 4 is 10.0 Å². The van der Waals surface area contributed by atoms with Gasteiger partial charge in [-0.05, 0) is 20.0 Å². The van der Waals surface area contributed by atoms with Gasteiger partial charge >= 0.3 is 0 Å². The summed E-state index contributed by atoms with van der Waals surface area (Å²) in [5, 5.41) is 10.6. The van der Waals surface area contributed by atoms with Gasteiger partial charge in [-0.1, -0.05) is 0 Å². The normalized spacial score (nSPS) is 11.9. The van der Waals surface area contributed by atoms with E-state index in [2.05, 4.69) is 25.2 Å². The number of rotatable bonds is 7. The van der Waals surface area contributed by atoms with Crippen LogP contribution in [0.1, 0.15) is 18.4 Å². The van der Waals surface area contributed by atoms with Crippen LogP contribution >= 0.6 is 0 Å². The zero-order chi connectivity index (χ0) is 14.6. The van der Waals surface area contributed by atoms with Gasteiger partial charge in [0.15, 0.2) is 0 Å². The average Bonchev–Trinajstić information content (AvgIpc) is 3.05. The monoisotopic (exact) mass is 298 g/mol. The van der Waals surface area contributed by atoms with E-state index < -0.39 is 10.0 Å². The Kier molecular flexibility index (Phi) is 4.53. The second kappa shape index (κ2) is 6.16. The van der Waals surface area contributed by atoms with E-state index in [-0.39, 0.29) is 11.4 Å². The van der Waals surface area contributed by atoms with E-state index in [0.29, 0.717) is 18.9 Å². The first-order valence-electron chi connectivity index (χ1n) is 6.25. The Morgan fingerprint density at radius 2 is 2.20 bits per heavy atom. The lowest BCUT2D eigenvalue weighted by molar-refractivity contribution is 0.575.